The van der Waals surface area contributed by atoms with Gasteiger partial charge in [0.05, 0.1) is 29.0 Å². The normalized spacial score (nSPS) is 11.8. The number of para-hydroxylation sites is 2. The van der Waals surface area contributed by atoms with Gasteiger partial charge in [0.15, 0.2) is 11.7 Å². The molecule has 100 valence electrons. The Bertz CT molecular complexity index is 840. The van der Waals surface area contributed by atoms with Crippen molar-refractivity contribution in [2.45, 2.75) is 5.92 Å². The van der Waals surface area contributed by atoms with E-state index in [9.17, 15) is 10.1 Å². The Morgan fingerprint density at radius 1 is 1.10 bits per heavy atom. The average molecular weight is 274 g/mol. The quantitative estimate of drug-likeness (QED) is 0.685. The highest BCUT2D eigenvalue weighted by Crippen LogP contribution is 2.20. The van der Waals surface area contributed by atoms with Gasteiger partial charge in [-0.25, -0.2) is 4.98 Å². The smallest absolute Gasteiger partial charge is 0.187 e. The van der Waals surface area contributed by atoms with Gasteiger partial charge in [-0.2, -0.15) is 5.26 Å². The van der Waals surface area contributed by atoms with Crippen molar-refractivity contribution in [2.24, 2.45) is 0 Å². The summed E-state index contributed by atoms with van der Waals surface area (Å²) in [6, 6.07) is 12.6. The van der Waals surface area contributed by atoms with Gasteiger partial charge in [-0.05, 0) is 24.3 Å². The van der Waals surface area contributed by atoms with Crippen LogP contribution >= 0.6 is 0 Å². The van der Waals surface area contributed by atoms with Gasteiger partial charge in [-0.15, -0.1) is 0 Å². The van der Waals surface area contributed by atoms with Crippen molar-refractivity contribution < 1.29 is 4.79 Å². The monoisotopic (exact) mass is 274 g/mol. The number of hydrogen-bond donors (Lipinski definition) is 0. The lowest BCUT2D eigenvalue weighted by molar-refractivity contribution is 0.0977. The Hall–Kier alpha value is -3.13. The van der Waals surface area contributed by atoms with E-state index in [1.165, 1.54) is 12.4 Å². The second kappa shape index (κ2) is 5.47. The molecule has 0 radical (unpaired) electrons. The summed E-state index contributed by atoms with van der Waals surface area (Å²) in [6.07, 6.45) is 4.50. The van der Waals surface area contributed by atoms with Crippen LogP contribution in [0.1, 0.15) is 22.0 Å². The minimum Gasteiger partial charge on any atom is -0.292 e. The number of ketones is 1. The van der Waals surface area contributed by atoms with Gasteiger partial charge in [0, 0.05) is 18.0 Å². The van der Waals surface area contributed by atoms with Crippen molar-refractivity contribution in [3.8, 4) is 6.07 Å². The molecule has 0 aliphatic heterocycles. The fourth-order valence-corrected chi connectivity index (χ4v) is 2.04. The molecule has 21 heavy (non-hydrogen) atoms. The van der Waals surface area contributed by atoms with Gasteiger partial charge in [-0.3, -0.25) is 14.8 Å². The molecule has 0 N–H and O–H groups in total. The Morgan fingerprint density at radius 2 is 1.90 bits per heavy atom. The zero-order valence-electron chi connectivity index (χ0n) is 11.0. The molecule has 2 heterocycles. The van der Waals surface area contributed by atoms with Gasteiger partial charge in [-0.1, -0.05) is 12.1 Å². The molecule has 0 aliphatic carbocycles. The lowest BCUT2D eigenvalue weighted by atomic mass is 9.97. The highest BCUT2D eigenvalue weighted by atomic mass is 16.1. The van der Waals surface area contributed by atoms with E-state index in [0.717, 1.165) is 5.52 Å². The number of Topliss-reactive ketones (excluding diaryl/α,β-unsaturated/α-hetero) is 1. The first-order chi connectivity index (χ1) is 10.3. The Balaban J connectivity index is 2.02. The standard InChI is InChI=1S/C16H10N4O/c17-8-12(16(21)11-4-3-7-18-9-11)15-10-19-13-5-1-2-6-14(13)20-15/h1-7,9-10,12H/t12-/m0/s1. The number of benzene rings is 1. The number of nitriles is 1. The number of pyridine rings is 1. The summed E-state index contributed by atoms with van der Waals surface area (Å²) in [5.74, 6) is -1.30. The Morgan fingerprint density at radius 3 is 2.62 bits per heavy atom. The van der Waals surface area contributed by atoms with Crippen LogP contribution in [0.2, 0.25) is 0 Å². The maximum atomic E-state index is 12.4. The molecule has 0 aliphatic rings. The number of aromatic nitrogens is 3. The summed E-state index contributed by atoms with van der Waals surface area (Å²) in [6.45, 7) is 0. The summed E-state index contributed by atoms with van der Waals surface area (Å²) < 4.78 is 0. The van der Waals surface area contributed by atoms with Crippen LogP contribution in [0, 0.1) is 11.3 Å². The van der Waals surface area contributed by atoms with Crippen molar-refractivity contribution in [1.82, 2.24) is 15.0 Å². The number of carbonyl (C=O) groups is 1. The van der Waals surface area contributed by atoms with E-state index < -0.39 is 5.92 Å². The fraction of sp³-hybridized carbons (Fsp3) is 0.0625. The predicted molar refractivity (Wildman–Crippen MR) is 76.5 cm³/mol. The fourth-order valence-electron chi connectivity index (χ4n) is 2.04. The summed E-state index contributed by atoms with van der Waals surface area (Å²) in [5.41, 5.74) is 2.13. The van der Waals surface area contributed by atoms with Crippen LogP contribution in [0.25, 0.3) is 11.0 Å². The van der Waals surface area contributed by atoms with E-state index >= 15 is 0 Å². The van der Waals surface area contributed by atoms with Gasteiger partial charge < -0.3 is 0 Å². The first-order valence-electron chi connectivity index (χ1n) is 6.35. The summed E-state index contributed by atoms with van der Waals surface area (Å²) >= 11 is 0. The zero-order valence-corrected chi connectivity index (χ0v) is 11.0. The second-order valence-electron chi connectivity index (χ2n) is 4.45. The first-order valence-corrected chi connectivity index (χ1v) is 6.35. The zero-order chi connectivity index (χ0) is 14.7. The molecule has 0 saturated heterocycles. The lowest BCUT2D eigenvalue weighted by Gasteiger charge is -2.08. The Labute approximate surface area is 120 Å². The molecule has 1 atom stereocenters. The highest BCUT2D eigenvalue weighted by molar-refractivity contribution is 6.02. The van der Waals surface area contributed by atoms with Crippen molar-refractivity contribution in [3.63, 3.8) is 0 Å². The highest BCUT2D eigenvalue weighted by Gasteiger charge is 2.23. The largest absolute Gasteiger partial charge is 0.292 e. The number of rotatable bonds is 3. The summed E-state index contributed by atoms with van der Waals surface area (Å²) in [7, 11) is 0. The molecule has 5 nitrogen and oxygen atoms in total. The van der Waals surface area contributed by atoms with Crippen LogP contribution in [0.4, 0.5) is 0 Å². The molecule has 3 rings (SSSR count). The summed E-state index contributed by atoms with van der Waals surface area (Å²) in [4.78, 5) is 24.9. The molecule has 0 fully saturated rings. The molecule has 1 aromatic carbocycles. The SMILES string of the molecule is N#C[C@H](C(=O)c1cccnc1)c1cnc2ccccc2n1. The van der Waals surface area contributed by atoms with Crippen LogP contribution in [0.3, 0.4) is 0 Å². The lowest BCUT2D eigenvalue weighted by Crippen LogP contribution is -2.13. The number of fused-ring (bicyclic) bond motifs is 1. The third-order valence-corrected chi connectivity index (χ3v) is 3.10. The van der Waals surface area contributed by atoms with Crippen molar-refractivity contribution in [1.29, 1.82) is 5.26 Å². The van der Waals surface area contributed by atoms with E-state index in [1.807, 2.05) is 24.3 Å². The van der Waals surface area contributed by atoms with Crippen LogP contribution in [-0.2, 0) is 0 Å². The van der Waals surface area contributed by atoms with Gasteiger partial charge in [0.25, 0.3) is 0 Å². The van der Waals surface area contributed by atoms with Gasteiger partial charge in [0.2, 0.25) is 0 Å². The van der Waals surface area contributed by atoms with Gasteiger partial charge in [0.1, 0.15) is 0 Å². The van der Waals surface area contributed by atoms with Crippen molar-refractivity contribution in [2.75, 3.05) is 0 Å². The third-order valence-electron chi connectivity index (χ3n) is 3.10. The molecule has 0 saturated carbocycles. The molecular weight excluding hydrogens is 264 g/mol. The average Bonchev–Trinajstić information content (AvgIpc) is 2.56. The maximum absolute atomic E-state index is 12.4. The second-order valence-corrected chi connectivity index (χ2v) is 4.45. The molecule has 0 amide bonds. The summed E-state index contributed by atoms with van der Waals surface area (Å²) in [5, 5.41) is 9.32. The van der Waals surface area contributed by atoms with Crippen molar-refractivity contribution in [3.05, 3.63) is 66.2 Å². The van der Waals surface area contributed by atoms with Crippen LogP contribution < -0.4 is 0 Å². The van der Waals surface area contributed by atoms with Crippen LogP contribution in [-0.4, -0.2) is 20.7 Å². The van der Waals surface area contributed by atoms with E-state index in [2.05, 4.69) is 15.0 Å². The topological polar surface area (TPSA) is 79.5 Å². The number of hydrogen-bond acceptors (Lipinski definition) is 5. The predicted octanol–water partition coefficient (Wildman–Crippen LogP) is 2.51. The van der Waals surface area contributed by atoms with E-state index in [-0.39, 0.29) is 5.78 Å². The molecule has 0 unspecified atom stereocenters. The number of carbonyl (C=O) groups excluding carboxylic acids is 1. The minimum atomic E-state index is -0.980. The number of nitrogens with zero attached hydrogens (tertiary/aromatic N) is 4. The van der Waals surface area contributed by atoms with Gasteiger partial charge >= 0.3 is 0 Å². The molecule has 3 aromatic rings. The van der Waals surface area contributed by atoms with E-state index in [4.69, 9.17) is 0 Å². The Kier molecular flexibility index (Phi) is 3.36. The maximum Gasteiger partial charge on any atom is 0.187 e. The first kappa shape index (κ1) is 12.9. The molecule has 0 spiro atoms. The van der Waals surface area contributed by atoms with Crippen LogP contribution in [0.15, 0.2) is 55.0 Å². The molecule has 2 aromatic heterocycles. The van der Waals surface area contributed by atoms with Crippen molar-refractivity contribution >= 4 is 16.8 Å². The molecular formula is C16H10N4O. The molecule has 5 heteroatoms. The minimum absolute atomic E-state index is 0.324. The molecule has 0 bridgehead atoms. The third kappa shape index (κ3) is 2.47. The van der Waals surface area contributed by atoms with E-state index in [1.54, 1.807) is 24.4 Å². The van der Waals surface area contributed by atoms with Crippen LogP contribution in [0.5, 0.6) is 0 Å². The van der Waals surface area contributed by atoms with E-state index in [0.29, 0.717) is 16.8 Å².